The van der Waals surface area contributed by atoms with Crippen molar-refractivity contribution in [2.45, 2.75) is 18.9 Å². The first-order chi connectivity index (χ1) is 13.8. The van der Waals surface area contributed by atoms with E-state index in [1.807, 2.05) is 0 Å². The van der Waals surface area contributed by atoms with Crippen LogP contribution in [-0.4, -0.2) is 59.1 Å². The van der Waals surface area contributed by atoms with Crippen LogP contribution in [0.4, 0.5) is 24.5 Å². The highest BCUT2D eigenvalue weighted by molar-refractivity contribution is 6.01. The van der Waals surface area contributed by atoms with Crippen LogP contribution in [0.25, 0.3) is 0 Å². The topological polar surface area (TPSA) is 55.8 Å². The molecule has 2 saturated heterocycles. The summed E-state index contributed by atoms with van der Waals surface area (Å²) in [6.07, 6.45) is 1.10. The maximum atomic E-state index is 14.5. The molecule has 0 radical (unpaired) electrons. The average Bonchev–Trinajstić information content (AvgIpc) is 2.61. The molecule has 5 nitrogen and oxygen atoms in total. The van der Waals surface area contributed by atoms with Crippen molar-refractivity contribution in [1.82, 2.24) is 9.80 Å². The lowest BCUT2D eigenvalue weighted by atomic mass is 9.91. The minimum absolute atomic E-state index is 0.0629. The Labute approximate surface area is 166 Å². The monoisotopic (exact) mass is 405 g/mol. The number of aliphatic hydroxyl groups is 1. The summed E-state index contributed by atoms with van der Waals surface area (Å²) in [5.74, 6) is -3.59. The third-order valence-electron chi connectivity index (χ3n) is 5.43. The number of nitrogens with one attached hydrogen (secondary N) is 1. The lowest BCUT2D eigenvalue weighted by molar-refractivity contribution is -0.105. The molecule has 2 N–H and O–H groups in total. The number of hydrogen-bond acceptors (Lipinski definition) is 4. The van der Waals surface area contributed by atoms with E-state index in [-0.39, 0.29) is 24.3 Å². The van der Waals surface area contributed by atoms with Crippen molar-refractivity contribution in [2.24, 2.45) is 0 Å². The van der Waals surface area contributed by atoms with Gasteiger partial charge in [0.2, 0.25) is 0 Å². The summed E-state index contributed by atoms with van der Waals surface area (Å²) < 4.78 is 42.5. The SMILES string of the molecule is Cc1ccc(Nc2c(C(=O)N3CC(O)(CN4CCC4)C3)ccc(F)c2F)c(F)c1. The highest BCUT2D eigenvalue weighted by Gasteiger charge is 2.46. The van der Waals surface area contributed by atoms with Crippen LogP contribution in [0.5, 0.6) is 0 Å². The van der Waals surface area contributed by atoms with Gasteiger partial charge in [0.05, 0.1) is 30.0 Å². The van der Waals surface area contributed by atoms with Gasteiger partial charge < -0.3 is 20.2 Å². The molecule has 1 amide bonds. The Morgan fingerprint density at radius 3 is 2.48 bits per heavy atom. The molecule has 0 bridgehead atoms. The molecule has 0 unspecified atom stereocenters. The summed E-state index contributed by atoms with van der Waals surface area (Å²) in [5, 5.41) is 13.1. The van der Waals surface area contributed by atoms with Crippen LogP contribution >= 0.6 is 0 Å². The van der Waals surface area contributed by atoms with Gasteiger partial charge in [0, 0.05) is 6.54 Å². The zero-order valence-corrected chi connectivity index (χ0v) is 16.0. The van der Waals surface area contributed by atoms with E-state index in [0.29, 0.717) is 12.1 Å². The van der Waals surface area contributed by atoms with Gasteiger partial charge in [-0.3, -0.25) is 4.79 Å². The number of amides is 1. The molecule has 0 spiro atoms. The maximum Gasteiger partial charge on any atom is 0.256 e. The van der Waals surface area contributed by atoms with Crippen molar-refractivity contribution in [1.29, 1.82) is 0 Å². The molecular formula is C21H22F3N3O2. The molecule has 8 heteroatoms. The van der Waals surface area contributed by atoms with E-state index >= 15 is 0 Å². The van der Waals surface area contributed by atoms with Crippen LogP contribution in [-0.2, 0) is 0 Å². The number of hydrogen-bond donors (Lipinski definition) is 2. The van der Waals surface area contributed by atoms with Gasteiger partial charge in [-0.1, -0.05) is 6.07 Å². The largest absolute Gasteiger partial charge is 0.385 e. The second-order valence-electron chi connectivity index (χ2n) is 7.91. The first kappa shape index (κ1) is 19.7. The number of benzene rings is 2. The van der Waals surface area contributed by atoms with E-state index in [1.165, 1.54) is 23.1 Å². The van der Waals surface area contributed by atoms with Crippen LogP contribution in [0.15, 0.2) is 30.3 Å². The third-order valence-corrected chi connectivity index (χ3v) is 5.43. The molecule has 154 valence electrons. The first-order valence-electron chi connectivity index (χ1n) is 9.51. The Kier molecular flexibility index (Phi) is 5.00. The Balaban J connectivity index is 1.56. The number of carbonyl (C=O) groups is 1. The molecular weight excluding hydrogens is 383 g/mol. The van der Waals surface area contributed by atoms with Gasteiger partial charge in [-0.15, -0.1) is 0 Å². The number of aryl methyl sites for hydroxylation is 1. The van der Waals surface area contributed by atoms with Crippen molar-refractivity contribution in [3.63, 3.8) is 0 Å². The van der Waals surface area contributed by atoms with Crippen LogP contribution in [0.3, 0.4) is 0 Å². The number of rotatable bonds is 5. The molecule has 29 heavy (non-hydrogen) atoms. The molecule has 0 atom stereocenters. The molecule has 2 heterocycles. The van der Waals surface area contributed by atoms with E-state index in [1.54, 1.807) is 13.0 Å². The summed E-state index contributed by atoms with van der Waals surface area (Å²) in [6.45, 7) is 4.26. The number of β-amino-alcohol motifs (C(OH)–C–C–N with tert-alkyl or cyclic N) is 1. The van der Waals surface area contributed by atoms with Gasteiger partial charge >= 0.3 is 0 Å². The number of carbonyl (C=O) groups excluding carboxylic acids is 1. The lowest BCUT2D eigenvalue weighted by Gasteiger charge is -2.50. The minimum Gasteiger partial charge on any atom is -0.385 e. The summed E-state index contributed by atoms with van der Waals surface area (Å²) >= 11 is 0. The van der Waals surface area contributed by atoms with E-state index in [4.69, 9.17) is 0 Å². The van der Waals surface area contributed by atoms with E-state index < -0.39 is 34.6 Å². The van der Waals surface area contributed by atoms with Gasteiger partial charge in [-0.25, -0.2) is 13.2 Å². The predicted octanol–water partition coefficient (Wildman–Crippen LogP) is 3.05. The molecule has 0 aliphatic carbocycles. The van der Waals surface area contributed by atoms with Crippen molar-refractivity contribution in [2.75, 3.05) is 38.0 Å². The predicted molar refractivity (Wildman–Crippen MR) is 103 cm³/mol. The molecule has 2 aromatic rings. The highest BCUT2D eigenvalue weighted by Crippen LogP contribution is 2.32. The van der Waals surface area contributed by atoms with Gasteiger partial charge in [-0.2, -0.15) is 0 Å². The Morgan fingerprint density at radius 1 is 1.14 bits per heavy atom. The van der Waals surface area contributed by atoms with Gasteiger partial charge in [0.1, 0.15) is 11.4 Å². The Hall–Kier alpha value is -2.58. The van der Waals surface area contributed by atoms with Crippen LogP contribution in [0.1, 0.15) is 22.3 Å². The molecule has 0 aromatic heterocycles. The smallest absolute Gasteiger partial charge is 0.256 e. The second kappa shape index (κ2) is 7.35. The quantitative estimate of drug-likeness (QED) is 0.803. The van der Waals surface area contributed by atoms with Crippen LogP contribution in [0, 0.1) is 24.4 Å². The summed E-state index contributed by atoms with van der Waals surface area (Å²) in [5.41, 5.74) is -0.922. The summed E-state index contributed by atoms with van der Waals surface area (Å²) in [6, 6.07) is 6.31. The maximum absolute atomic E-state index is 14.5. The first-order valence-corrected chi connectivity index (χ1v) is 9.51. The molecule has 0 saturated carbocycles. The summed E-state index contributed by atoms with van der Waals surface area (Å²) in [7, 11) is 0. The molecule has 4 rings (SSSR count). The minimum atomic E-state index is -1.26. The van der Waals surface area contributed by atoms with Crippen molar-refractivity contribution in [3.05, 3.63) is 58.9 Å². The van der Waals surface area contributed by atoms with Crippen molar-refractivity contribution >= 4 is 17.3 Å². The number of halogens is 3. The van der Waals surface area contributed by atoms with E-state index in [2.05, 4.69) is 10.2 Å². The molecule has 2 fully saturated rings. The number of anilines is 2. The highest BCUT2D eigenvalue weighted by atomic mass is 19.2. The van der Waals surface area contributed by atoms with Gasteiger partial charge in [0.15, 0.2) is 11.6 Å². The molecule has 2 aliphatic rings. The number of nitrogens with zero attached hydrogens (tertiary/aromatic N) is 2. The Morgan fingerprint density at radius 2 is 1.86 bits per heavy atom. The lowest BCUT2D eigenvalue weighted by Crippen LogP contribution is -2.68. The van der Waals surface area contributed by atoms with E-state index in [9.17, 15) is 23.1 Å². The van der Waals surface area contributed by atoms with Crippen LogP contribution in [0.2, 0.25) is 0 Å². The fourth-order valence-electron chi connectivity index (χ4n) is 3.74. The summed E-state index contributed by atoms with van der Waals surface area (Å²) in [4.78, 5) is 16.4. The Bertz CT molecular complexity index is 956. The third kappa shape index (κ3) is 3.82. The van der Waals surface area contributed by atoms with Gasteiger partial charge in [0.25, 0.3) is 5.91 Å². The van der Waals surface area contributed by atoms with Crippen molar-refractivity contribution in [3.8, 4) is 0 Å². The normalized spacial score (nSPS) is 18.2. The van der Waals surface area contributed by atoms with E-state index in [0.717, 1.165) is 25.6 Å². The molecule has 2 aromatic carbocycles. The zero-order valence-electron chi connectivity index (χ0n) is 16.0. The zero-order chi connectivity index (χ0) is 20.8. The number of likely N-dealkylation sites (tertiary alicyclic amines) is 2. The fourth-order valence-corrected chi connectivity index (χ4v) is 3.74. The fraction of sp³-hybridized carbons (Fsp3) is 0.381. The van der Waals surface area contributed by atoms with Gasteiger partial charge in [-0.05, 0) is 56.3 Å². The second-order valence-corrected chi connectivity index (χ2v) is 7.91. The van der Waals surface area contributed by atoms with Crippen LogP contribution < -0.4 is 5.32 Å². The standard InChI is InChI=1S/C21H22F3N3O2/c1-13-3-6-17(16(23)9-13)25-19-14(4-5-15(22)18(19)24)20(28)27-11-21(29,12-27)10-26-7-2-8-26/h3-6,9,25,29H,2,7-8,10-12H2,1H3. The molecule has 2 aliphatic heterocycles. The van der Waals surface area contributed by atoms with Crippen molar-refractivity contribution < 1.29 is 23.1 Å². The average molecular weight is 405 g/mol.